The molecule has 1 atom stereocenters. The Hall–Kier alpha value is -2.70. The number of esters is 1. The van der Waals surface area contributed by atoms with Crippen LogP contribution in [0.4, 0.5) is 4.39 Å². The number of methoxy groups -OCH3 is 1. The second-order valence-corrected chi connectivity index (χ2v) is 5.04. The molecule has 2 rings (SSSR count). The van der Waals surface area contributed by atoms with Crippen LogP contribution < -0.4 is 5.32 Å². The van der Waals surface area contributed by atoms with E-state index in [9.17, 15) is 14.0 Å². The van der Waals surface area contributed by atoms with Gasteiger partial charge in [-0.15, -0.1) is 0 Å². The lowest BCUT2D eigenvalue weighted by Gasteiger charge is -2.15. The van der Waals surface area contributed by atoms with Gasteiger partial charge in [-0.2, -0.15) is 0 Å². The second-order valence-electron chi connectivity index (χ2n) is 5.04. The molecule has 0 fully saturated rings. The van der Waals surface area contributed by atoms with Crippen LogP contribution >= 0.6 is 0 Å². The van der Waals surface area contributed by atoms with Gasteiger partial charge < -0.3 is 14.6 Å². The highest BCUT2D eigenvalue weighted by molar-refractivity contribution is 5.81. The lowest BCUT2D eigenvalue weighted by atomic mass is 9.99. The van der Waals surface area contributed by atoms with Crippen molar-refractivity contribution < 1.29 is 23.2 Å². The van der Waals surface area contributed by atoms with E-state index < -0.39 is 17.7 Å². The summed E-state index contributed by atoms with van der Waals surface area (Å²) in [5.41, 5.74) is 1.08. The van der Waals surface area contributed by atoms with Crippen LogP contribution in [0.1, 0.15) is 22.9 Å². The molecule has 0 aliphatic rings. The summed E-state index contributed by atoms with van der Waals surface area (Å²) < 4.78 is 22.6. The number of carbonyl (C=O) groups is 2. The van der Waals surface area contributed by atoms with E-state index in [4.69, 9.17) is 9.26 Å². The fraction of sp³-hybridized carbons (Fsp3) is 0.312. The number of ether oxygens (including phenoxy) is 1. The van der Waals surface area contributed by atoms with Crippen LogP contribution in [0.5, 0.6) is 0 Å². The first-order chi connectivity index (χ1) is 11.0. The van der Waals surface area contributed by atoms with E-state index in [1.165, 1.54) is 31.4 Å². The predicted molar refractivity (Wildman–Crippen MR) is 79.1 cm³/mol. The van der Waals surface area contributed by atoms with E-state index in [1.54, 1.807) is 13.0 Å². The van der Waals surface area contributed by atoms with Gasteiger partial charge in [0.1, 0.15) is 11.6 Å². The molecule has 0 aliphatic carbocycles. The van der Waals surface area contributed by atoms with E-state index in [1.807, 2.05) is 0 Å². The van der Waals surface area contributed by atoms with Gasteiger partial charge in [-0.3, -0.25) is 9.59 Å². The quantitative estimate of drug-likeness (QED) is 0.820. The van der Waals surface area contributed by atoms with Crippen LogP contribution in [0.2, 0.25) is 0 Å². The van der Waals surface area contributed by atoms with E-state index in [2.05, 4.69) is 10.5 Å². The highest BCUT2D eigenvalue weighted by Crippen LogP contribution is 2.17. The zero-order valence-electron chi connectivity index (χ0n) is 12.8. The Bertz CT molecular complexity index is 682. The molecule has 1 N–H and O–H groups in total. The molecule has 0 saturated heterocycles. The molecule has 23 heavy (non-hydrogen) atoms. The summed E-state index contributed by atoms with van der Waals surface area (Å²) in [6.07, 6.45) is 0.0502. The lowest BCUT2D eigenvalue weighted by Crippen LogP contribution is -2.33. The Morgan fingerprint density at radius 3 is 2.61 bits per heavy atom. The Labute approximate surface area is 132 Å². The van der Waals surface area contributed by atoms with Gasteiger partial charge in [0.2, 0.25) is 5.91 Å². The van der Waals surface area contributed by atoms with Gasteiger partial charge in [0.15, 0.2) is 0 Å². The first-order valence-corrected chi connectivity index (χ1v) is 7.01. The van der Waals surface area contributed by atoms with Crippen molar-refractivity contribution in [2.75, 3.05) is 13.7 Å². The Kier molecular flexibility index (Phi) is 5.46. The number of aromatic nitrogens is 1. The summed E-state index contributed by atoms with van der Waals surface area (Å²) in [6.45, 7) is 1.78. The van der Waals surface area contributed by atoms with Crippen molar-refractivity contribution in [3.05, 3.63) is 53.2 Å². The van der Waals surface area contributed by atoms with E-state index >= 15 is 0 Å². The molecule has 0 unspecified atom stereocenters. The zero-order chi connectivity index (χ0) is 16.8. The fourth-order valence-corrected chi connectivity index (χ4v) is 2.12. The molecular weight excluding hydrogens is 303 g/mol. The van der Waals surface area contributed by atoms with E-state index in [0.29, 0.717) is 17.0 Å². The molecule has 0 bridgehead atoms. The monoisotopic (exact) mass is 320 g/mol. The average Bonchev–Trinajstić information content (AvgIpc) is 2.93. The van der Waals surface area contributed by atoms with Crippen molar-refractivity contribution in [1.82, 2.24) is 10.5 Å². The smallest absolute Gasteiger partial charge is 0.314 e. The normalized spacial score (nSPS) is 11.8. The van der Waals surface area contributed by atoms with Crippen molar-refractivity contribution in [3.63, 3.8) is 0 Å². The molecule has 0 spiro atoms. The third-order valence-corrected chi connectivity index (χ3v) is 3.28. The minimum Gasteiger partial charge on any atom is -0.468 e. The average molecular weight is 320 g/mol. The van der Waals surface area contributed by atoms with Gasteiger partial charge >= 0.3 is 5.97 Å². The number of amides is 1. The summed E-state index contributed by atoms with van der Waals surface area (Å²) in [6, 6.07) is 7.15. The number of rotatable bonds is 6. The molecule has 0 radical (unpaired) electrons. The number of hydrogen-bond donors (Lipinski definition) is 1. The van der Waals surface area contributed by atoms with Crippen LogP contribution in [-0.4, -0.2) is 30.7 Å². The summed E-state index contributed by atoms with van der Waals surface area (Å²) in [7, 11) is 1.26. The molecule has 0 saturated carbocycles. The van der Waals surface area contributed by atoms with E-state index in [0.717, 1.165) is 0 Å². The molecule has 0 aliphatic heterocycles. The number of nitrogens with zero attached hydrogens (tertiary/aromatic N) is 1. The maximum absolute atomic E-state index is 13.0. The Morgan fingerprint density at radius 2 is 2.04 bits per heavy atom. The van der Waals surface area contributed by atoms with Crippen LogP contribution in [0.3, 0.4) is 0 Å². The van der Waals surface area contributed by atoms with Crippen LogP contribution in [-0.2, 0) is 20.7 Å². The largest absolute Gasteiger partial charge is 0.468 e. The third-order valence-electron chi connectivity index (χ3n) is 3.28. The third kappa shape index (κ3) is 4.64. The molecule has 1 aromatic carbocycles. The summed E-state index contributed by atoms with van der Waals surface area (Å²) in [5.74, 6) is -1.29. The standard InChI is InChI=1S/C16H17FN2O4/c1-10-7-13(19-23-10)8-15(20)18-9-14(16(21)22-2)11-3-5-12(17)6-4-11/h3-7,14H,8-9H2,1-2H3,(H,18,20)/t14-/m1/s1. The van der Waals surface area contributed by atoms with Gasteiger partial charge in [-0.1, -0.05) is 17.3 Å². The van der Waals surface area contributed by atoms with Crippen molar-refractivity contribution >= 4 is 11.9 Å². The van der Waals surface area contributed by atoms with Crippen LogP contribution in [0.15, 0.2) is 34.9 Å². The minimum absolute atomic E-state index is 0.0496. The number of hydrogen-bond acceptors (Lipinski definition) is 5. The summed E-state index contributed by atoms with van der Waals surface area (Å²) >= 11 is 0. The van der Waals surface area contributed by atoms with Gasteiger partial charge in [0.05, 0.1) is 25.1 Å². The molecule has 1 heterocycles. The Morgan fingerprint density at radius 1 is 1.35 bits per heavy atom. The molecular formula is C16H17FN2O4. The topological polar surface area (TPSA) is 81.4 Å². The zero-order valence-corrected chi connectivity index (χ0v) is 12.8. The molecule has 1 aromatic heterocycles. The molecule has 2 aromatic rings. The summed E-state index contributed by atoms with van der Waals surface area (Å²) in [5, 5.41) is 6.39. The lowest BCUT2D eigenvalue weighted by molar-refractivity contribution is -0.142. The first-order valence-electron chi connectivity index (χ1n) is 7.01. The highest BCUT2D eigenvalue weighted by atomic mass is 19.1. The van der Waals surface area contributed by atoms with Crippen LogP contribution in [0.25, 0.3) is 0 Å². The van der Waals surface area contributed by atoms with Crippen molar-refractivity contribution in [3.8, 4) is 0 Å². The number of halogens is 1. The van der Waals surface area contributed by atoms with Gasteiger partial charge in [0, 0.05) is 12.6 Å². The van der Waals surface area contributed by atoms with E-state index in [-0.39, 0.29) is 18.9 Å². The van der Waals surface area contributed by atoms with Gasteiger partial charge in [-0.25, -0.2) is 4.39 Å². The van der Waals surface area contributed by atoms with Crippen molar-refractivity contribution in [1.29, 1.82) is 0 Å². The summed E-state index contributed by atoms with van der Waals surface area (Å²) in [4.78, 5) is 23.8. The molecule has 7 heteroatoms. The molecule has 6 nitrogen and oxygen atoms in total. The predicted octanol–water partition coefficient (Wildman–Crippen LogP) is 1.74. The second kappa shape index (κ2) is 7.53. The van der Waals surface area contributed by atoms with Gasteiger partial charge in [-0.05, 0) is 24.6 Å². The van der Waals surface area contributed by atoms with Gasteiger partial charge in [0.25, 0.3) is 0 Å². The number of benzene rings is 1. The molecule has 122 valence electrons. The first kappa shape index (κ1) is 16.7. The fourth-order valence-electron chi connectivity index (χ4n) is 2.12. The minimum atomic E-state index is -0.705. The van der Waals surface area contributed by atoms with Crippen molar-refractivity contribution in [2.45, 2.75) is 19.3 Å². The number of nitrogens with one attached hydrogen (secondary N) is 1. The highest BCUT2D eigenvalue weighted by Gasteiger charge is 2.22. The number of aryl methyl sites for hydroxylation is 1. The SMILES string of the molecule is COC(=O)[C@H](CNC(=O)Cc1cc(C)on1)c1ccc(F)cc1. The van der Waals surface area contributed by atoms with Crippen LogP contribution in [0, 0.1) is 12.7 Å². The van der Waals surface area contributed by atoms with Crippen molar-refractivity contribution in [2.24, 2.45) is 0 Å². The Balaban J connectivity index is 1.99. The maximum atomic E-state index is 13.0. The maximum Gasteiger partial charge on any atom is 0.314 e. The number of carbonyl (C=O) groups excluding carboxylic acids is 2. The molecule has 1 amide bonds.